The number of carbonyl (C=O) groups excluding carboxylic acids is 1. The van der Waals surface area contributed by atoms with Crippen LogP contribution in [0.4, 0.5) is 0 Å². The molecular formula is C12H20ClNO2. The highest BCUT2D eigenvalue weighted by Gasteiger charge is 2.30. The Labute approximate surface area is 102 Å². The predicted octanol–water partition coefficient (Wildman–Crippen LogP) is 1.94. The van der Waals surface area contributed by atoms with Gasteiger partial charge in [0.15, 0.2) is 0 Å². The Balaban J connectivity index is 1.71. The minimum atomic E-state index is 0.0465. The van der Waals surface area contributed by atoms with E-state index in [1.807, 2.05) is 6.92 Å². The molecule has 2 aliphatic rings. The zero-order chi connectivity index (χ0) is 11.5. The van der Waals surface area contributed by atoms with Crippen molar-refractivity contribution in [3.63, 3.8) is 0 Å². The van der Waals surface area contributed by atoms with Gasteiger partial charge in [0.05, 0.1) is 18.6 Å². The van der Waals surface area contributed by atoms with E-state index in [4.69, 9.17) is 16.3 Å². The van der Waals surface area contributed by atoms with Crippen LogP contribution in [0.3, 0.4) is 0 Å². The van der Waals surface area contributed by atoms with E-state index in [0.717, 1.165) is 25.8 Å². The first kappa shape index (κ1) is 12.2. The van der Waals surface area contributed by atoms with Gasteiger partial charge in [-0.05, 0) is 32.1 Å². The summed E-state index contributed by atoms with van der Waals surface area (Å²) >= 11 is 6.17. The van der Waals surface area contributed by atoms with Crippen LogP contribution >= 0.6 is 11.6 Å². The molecule has 4 heteroatoms. The molecule has 0 radical (unpaired) electrons. The minimum absolute atomic E-state index is 0.0465. The Kier molecular flexibility index (Phi) is 4.09. The number of ether oxygens (including phenoxy) is 1. The summed E-state index contributed by atoms with van der Waals surface area (Å²) in [5, 5.41) is 3.26. The van der Waals surface area contributed by atoms with E-state index in [0.29, 0.717) is 12.5 Å². The molecule has 0 aromatic heterocycles. The molecule has 0 bridgehead atoms. The Bertz CT molecular complexity index is 259. The lowest BCUT2D eigenvalue weighted by Gasteiger charge is -2.16. The van der Waals surface area contributed by atoms with Crippen LogP contribution in [0, 0.1) is 11.8 Å². The molecule has 1 aliphatic heterocycles. The van der Waals surface area contributed by atoms with Crippen molar-refractivity contribution in [1.29, 1.82) is 0 Å². The van der Waals surface area contributed by atoms with Gasteiger partial charge in [-0.25, -0.2) is 0 Å². The summed E-state index contributed by atoms with van der Waals surface area (Å²) in [6, 6.07) is 0. The molecule has 2 rings (SSSR count). The lowest BCUT2D eigenvalue weighted by molar-refractivity contribution is -0.125. The van der Waals surface area contributed by atoms with Gasteiger partial charge in [-0.15, -0.1) is 11.6 Å². The maximum atomic E-state index is 11.8. The smallest absolute Gasteiger partial charge is 0.225 e. The van der Waals surface area contributed by atoms with Crippen molar-refractivity contribution < 1.29 is 9.53 Å². The highest BCUT2D eigenvalue weighted by Crippen LogP contribution is 2.29. The number of halogens is 1. The van der Waals surface area contributed by atoms with Crippen LogP contribution in [-0.4, -0.2) is 30.5 Å². The van der Waals surface area contributed by atoms with E-state index in [1.165, 1.54) is 6.42 Å². The van der Waals surface area contributed by atoms with E-state index < -0.39 is 0 Å². The molecule has 2 fully saturated rings. The zero-order valence-electron chi connectivity index (χ0n) is 9.75. The quantitative estimate of drug-likeness (QED) is 0.772. The zero-order valence-corrected chi connectivity index (χ0v) is 10.5. The van der Waals surface area contributed by atoms with Crippen LogP contribution in [0.15, 0.2) is 0 Å². The lowest BCUT2D eigenvalue weighted by atomic mass is 10.0. The molecule has 3 nitrogen and oxygen atoms in total. The van der Waals surface area contributed by atoms with Crippen LogP contribution in [0.5, 0.6) is 0 Å². The van der Waals surface area contributed by atoms with E-state index in [9.17, 15) is 4.79 Å². The molecule has 16 heavy (non-hydrogen) atoms. The fourth-order valence-electron chi connectivity index (χ4n) is 2.60. The third-order valence-corrected chi connectivity index (χ3v) is 4.25. The second-order valence-corrected chi connectivity index (χ2v) is 5.59. The fourth-order valence-corrected chi connectivity index (χ4v) is 2.97. The maximum Gasteiger partial charge on any atom is 0.225 e. The number of alkyl halides is 1. The van der Waals surface area contributed by atoms with Crippen molar-refractivity contribution in [2.75, 3.05) is 13.2 Å². The Hall–Kier alpha value is -0.280. The van der Waals surface area contributed by atoms with Crippen molar-refractivity contribution in [1.82, 2.24) is 5.32 Å². The third-order valence-electron chi connectivity index (χ3n) is 3.67. The van der Waals surface area contributed by atoms with E-state index in [-0.39, 0.29) is 23.3 Å². The second kappa shape index (κ2) is 5.37. The van der Waals surface area contributed by atoms with Gasteiger partial charge in [0.25, 0.3) is 0 Å². The molecular weight excluding hydrogens is 226 g/mol. The van der Waals surface area contributed by atoms with Gasteiger partial charge in [-0.3, -0.25) is 4.79 Å². The van der Waals surface area contributed by atoms with Crippen LogP contribution < -0.4 is 5.32 Å². The summed E-state index contributed by atoms with van der Waals surface area (Å²) in [4.78, 5) is 11.8. The molecule has 1 heterocycles. The van der Waals surface area contributed by atoms with Crippen LogP contribution in [0.1, 0.15) is 32.6 Å². The number of nitrogens with one attached hydrogen (secondary N) is 1. The standard InChI is InChI=1S/C12H20ClNO2/c1-8-5-10(7-16-8)12(15)14-6-9-3-2-4-11(9)13/h8-11H,2-7H2,1H3,(H,14,15). The number of hydrogen-bond donors (Lipinski definition) is 1. The number of rotatable bonds is 3. The number of hydrogen-bond acceptors (Lipinski definition) is 2. The number of amides is 1. The molecule has 0 aromatic carbocycles. The molecule has 0 spiro atoms. The Morgan fingerprint density at radius 3 is 2.88 bits per heavy atom. The van der Waals surface area contributed by atoms with Crippen LogP contribution in [-0.2, 0) is 9.53 Å². The van der Waals surface area contributed by atoms with Crippen molar-refractivity contribution in [3.05, 3.63) is 0 Å². The summed E-state index contributed by atoms with van der Waals surface area (Å²) in [6.45, 7) is 3.32. The lowest BCUT2D eigenvalue weighted by Crippen LogP contribution is -2.35. The Morgan fingerprint density at radius 1 is 1.50 bits per heavy atom. The summed E-state index contributed by atoms with van der Waals surface area (Å²) in [5.41, 5.74) is 0. The molecule has 4 atom stereocenters. The molecule has 1 amide bonds. The average Bonchev–Trinajstić information content (AvgIpc) is 2.84. The molecule has 4 unspecified atom stereocenters. The predicted molar refractivity (Wildman–Crippen MR) is 63.5 cm³/mol. The van der Waals surface area contributed by atoms with Gasteiger partial charge in [0.1, 0.15) is 0 Å². The van der Waals surface area contributed by atoms with Gasteiger partial charge in [-0.1, -0.05) is 6.42 Å². The van der Waals surface area contributed by atoms with Gasteiger partial charge in [-0.2, -0.15) is 0 Å². The Morgan fingerprint density at radius 2 is 2.31 bits per heavy atom. The van der Waals surface area contributed by atoms with Gasteiger partial charge >= 0.3 is 0 Å². The molecule has 1 saturated carbocycles. The van der Waals surface area contributed by atoms with E-state index >= 15 is 0 Å². The first-order valence-corrected chi connectivity index (χ1v) is 6.64. The van der Waals surface area contributed by atoms with E-state index in [1.54, 1.807) is 0 Å². The minimum Gasteiger partial charge on any atom is -0.378 e. The molecule has 1 N–H and O–H groups in total. The topological polar surface area (TPSA) is 38.3 Å². The first-order chi connectivity index (χ1) is 7.66. The molecule has 1 saturated heterocycles. The van der Waals surface area contributed by atoms with Crippen molar-refractivity contribution in [2.24, 2.45) is 11.8 Å². The summed E-state index contributed by atoms with van der Waals surface area (Å²) in [5.74, 6) is 0.649. The van der Waals surface area contributed by atoms with E-state index in [2.05, 4.69) is 5.32 Å². The van der Waals surface area contributed by atoms with Crippen LogP contribution in [0.25, 0.3) is 0 Å². The van der Waals surface area contributed by atoms with Gasteiger partial charge in [0.2, 0.25) is 5.91 Å². The van der Waals surface area contributed by atoms with Crippen molar-refractivity contribution in [3.8, 4) is 0 Å². The summed E-state index contributed by atoms with van der Waals surface area (Å²) in [6.07, 6.45) is 4.50. The highest BCUT2D eigenvalue weighted by atomic mass is 35.5. The SMILES string of the molecule is CC1CC(C(=O)NCC2CCCC2Cl)CO1. The monoisotopic (exact) mass is 245 g/mol. The highest BCUT2D eigenvalue weighted by molar-refractivity contribution is 6.20. The summed E-state index contributed by atoms with van der Waals surface area (Å²) in [7, 11) is 0. The van der Waals surface area contributed by atoms with Crippen LogP contribution in [0.2, 0.25) is 0 Å². The molecule has 0 aromatic rings. The van der Waals surface area contributed by atoms with Crippen molar-refractivity contribution in [2.45, 2.75) is 44.1 Å². The van der Waals surface area contributed by atoms with Gasteiger partial charge in [0, 0.05) is 11.9 Å². The fraction of sp³-hybridized carbons (Fsp3) is 0.917. The number of carbonyl (C=O) groups is 1. The molecule has 92 valence electrons. The second-order valence-electron chi connectivity index (χ2n) is 5.03. The average molecular weight is 246 g/mol. The normalized spacial score (nSPS) is 38.9. The maximum absolute atomic E-state index is 11.8. The third kappa shape index (κ3) is 2.89. The largest absolute Gasteiger partial charge is 0.378 e. The summed E-state index contributed by atoms with van der Waals surface area (Å²) < 4.78 is 5.39. The molecule has 1 aliphatic carbocycles. The first-order valence-electron chi connectivity index (χ1n) is 6.20. The van der Waals surface area contributed by atoms with Crippen molar-refractivity contribution >= 4 is 17.5 Å². The van der Waals surface area contributed by atoms with Gasteiger partial charge < -0.3 is 10.1 Å².